The molecule has 14 heavy (non-hydrogen) atoms. The highest BCUT2D eigenvalue weighted by Crippen LogP contribution is 2.21. The fourth-order valence-corrected chi connectivity index (χ4v) is 3.02. The Bertz CT molecular complexity index is 287. The Labute approximate surface area is 85.3 Å². The summed E-state index contributed by atoms with van der Waals surface area (Å²) in [6.45, 7) is 4.45. The number of rotatable bonds is 3. The highest BCUT2D eigenvalue weighted by molar-refractivity contribution is 7.87. The monoisotopic (exact) mass is 222 g/mol. The number of hydrogen-bond acceptors (Lipinski definition) is 3. The van der Waals surface area contributed by atoms with Gasteiger partial charge in [0.15, 0.2) is 0 Å². The van der Waals surface area contributed by atoms with Gasteiger partial charge in [0.1, 0.15) is 0 Å². The third kappa shape index (κ3) is 2.91. The average Bonchev–Trinajstić information content (AvgIpc) is 2.02. The van der Waals surface area contributed by atoms with E-state index in [-0.39, 0.29) is 6.54 Å². The third-order valence-corrected chi connectivity index (χ3v) is 3.95. The van der Waals surface area contributed by atoms with Crippen molar-refractivity contribution in [2.24, 2.45) is 0 Å². The lowest BCUT2D eigenvalue weighted by Crippen LogP contribution is -2.51. The van der Waals surface area contributed by atoms with E-state index in [1.54, 1.807) is 13.8 Å². The van der Waals surface area contributed by atoms with E-state index in [0.717, 1.165) is 0 Å². The molecule has 6 heteroatoms. The molecule has 84 valence electrons. The molecule has 0 aromatic rings. The van der Waals surface area contributed by atoms with E-state index < -0.39 is 15.8 Å². The second kappa shape index (κ2) is 4.14. The summed E-state index contributed by atoms with van der Waals surface area (Å²) < 4.78 is 26.9. The van der Waals surface area contributed by atoms with E-state index in [4.69, 9.17) is 0 Å². The minimum absolute atomic E-state index is 0.183. The molecule has 0 spiro atoms. The summed E-state index contributed by atoms with van der Waals surface area (Å²) in [6.07, 6.45) is 1.36. The van der Waals surface area contributed by atoms with Gasteiger partial charge in [-0.2, -0.15) is 12.7 Å². The molecule has 5 nitrogen and oxygen atoms in total. The Morgan fingerprint density at radius 2 is 2.21 bits per heavy atom. The number of hydrogen-bond donors (Lipinski definition) is 2. The standard InChI is InChI=1S/C8H18N2O3S/c1-3-9-14(12,13)10-6-4-5-8(2,11)7-10/h9,11H,3-7H2,1-2H3. The molecule has 1 saturated heterocycles. The fraction of sp³-hybridized carbons (Fsp3) is 1.00. The Balaban J connectivity index is 2.69. The summed E-state index contributed by atoms with van der Waals surface area (Å²) in [5.74, 6) is 0. The van der Waals surface area contributed by atoms with Crippen molar-refractivity contribution < 1.29 is 13.5 Å². The van der Waals surface area contributed by atoms with E-state index in [2.05, 4.69) is 4.72 Å². The molecule has 2 N–H and O–H groups in total. The van der Waals surface area contributed by atoms with Gasteiger partial charge in [0.2, 0.25) is 0 Å². The molecule has 1 rings (SSSR count). The van der Waals surface area contributed by atoms with E-state index in [0.29, 0.717) is 25.9 Å². The van der Waals surface area contributed by atoms with Crippen molar-refractivity contribution in [2.75, 3.05) is 19.6 Å². The van der Waals surface area contributed by atoms with Crippen LogP contribution in [-0.2, 0) is 10.2 Å². The zero-order chi connectivity index (χ0) is 10.8. The lowest BCUT2D eigenvalue weighted by Gasteiger charge is -2.35. The van der Waals surface area contributed by atoms with Gasteiger partial charge in [0, 0.05) is 19.6 Å². The zero-order valence-corrected chi connectivity index (χ0v) is 9.47. The molecule has 1 heterocycles. The van der Waals surface area contributed by atoms with E-state index in [9.17, 15) is 13.5 Å². The van der Waals surface area contributed by atoms with Crippen molar-refractivity contribution in [3.8, 4) is 0 Å². The zero-order valence-electron chi connectivity index (χ0n) is 8.65. The molecule has 0 saturated carbocycles. The molecule has 1 atom stereocenters. The minimum Gasteiger partial charge on any atom is -0.389 e. The molecular formula is C8H18N2O3S. The van der Waals surface area contributed by atoms with Crippen LogP contribution in [0.25, 0.3) is 0 Å². The van der Waals surface area contributed by atoms with Crippen molar-refractivity contribution in [2.45, 2.75) is 32.3 Å². The van der Waals surface area contributed by atoms with Crippen LogP contribution in [0.5, 0.6) is 0 Å². The van der Waals surface area contributed by atoms with E-state index >= 15 is 0 Å². The van der Waals surface area contributed by atoms with Gasteiger partial charge >= 0.3 is 0 Å². The maximum absolute atomic E-state index is 11.6. The summed E-state index contributed by atoms with van der Waals surface area (Å²) in [4.78, 5) is 0. The van der Waals surface area contributed by atoms with E-state index in [1.807, 2.05) is 0 Å². The predicted molar refractivity (Wildman–Crippen MR) is 54.0 cm³/mol. The van der Waals surface area contributed by atoms with Crippen LogP contribution in [-0.4, -0.2) is 43.1 Å². The lowest BCUT2D eigenvalue weighted by atomic mass is 9.97. The van der Waals surface area contributed by atoms with Crippen LogP contribution in [0, 0.1) is 0 Å². The molecule has 1 unspecified atom stereocenters. The van der Waals surface area contributed by atoms with Crippen LogP contribution in [0.15, 0.2) is 0 Å². The van der Waals surface area contributed by atoms with Crippen LogP contribution >= 0.6 is 0 Å². The van der Waals surface area contributed by atoms with Crippen molar-refractivity contribution in [1.82, 2.24) is 9.03 Å². The van der Waals surface area contributed by atoms with Crippen molar-refractivity contribution in [3.05, 3.63) is 0 Å². The van der Waals surface area contributed by atoms with Crippen LogP contribution in [0.2, 0.25) is 0 Å². The van der Waals surface area contributed by atoms with Crippen molar-refractivity contribution >= 4 is 10.2 Å². The highest BCUT2D eigenvalue weighted by Gasteiger charge is 2.34. The van der Waals surface area contributed by atoms with Crippen LogP contribution in [0.3, 0.4) is 0 Å². The van der Waals surface area contributed by atoms with Crippen molar-refractivity contribution in [1.29, 1.82) is 0 Å². The molecular weight excluding hydrogens is 204 g/mol. The first kappa shape index (κ1) is 11.9. The Morgan fingerprint density at radius 1 is 1.57 bits per heavy atom. The molecule has 1 aliphatic heterocycles. The van der Waals surface area contributed by atoms with Crippen LogP contribution in [0.4, 0.5) is 0 Å². The van der Waals surface area contributed by atoms with Gasteiger partial charge in [-0.1, -0.05) is 6.92 Å². The quantitative estimate of drug-likeness (QED) is 0.688. The first-order valence-electron chi connectivity index (χ1n) is 4.84. The number of piperidine rings is 1. The summed E-state index contributed by atoms with van der Waals surface area (Å²) in [7, 11) is -3.38. The van der Waals surface area contributed by atoms with Crippen LogP contribution in [0.1, 0.15) is 26.7 Å². The van der Waals surface area contributed by atoms with Gasteiger partial charge in [-0.05, 0) is 19.8 Å². The molecule has 1 aliphatic rings. The minimum atomic E-state index is -3.38. The summed E-state index contributed by atoms with van der Waals surface area (Å²) >= 11 is 0. The van der Waals surface area contributed by atoms with Gasteiger partial charge in [0.05, 0.1) is 5.60 Å². The highest BCUT2D eigenvalue weighted by atomic mass is 32.2. The molecule has 0 aliphatic carbocycles. The maximum Gasteiger partial charge on any atom is 0.279 e. The molecule has 0 aromatic heterocycles. The largest absolute Gasteiger partial charge is 0.389 e. The van der Waals surface area contributed by atoms with Crippen molar-refractivity contribution in [3.63, 3.8) is 0 Å². The maximum atomic E-state index is 11.6. The summed E-state index contributed by atoms with van der Waals surface area (Å²) in [5, 5.41) is 9.74. The van der Waals surface area contributed by atoms with Gasteiger partial charge in [-0.15, -0.1) is 0 Å². The van der Waals surface area contributed by atoms with Gasteiger partial charge in [0.25, 0.3) is 10.2 Å². The fourth-order valence-electron chi connectivity index (χ4n) is 1.65. The van der Waals surface area contributed by atoms with Gasteiger partial charge in [-0.25, -0.2) is 4.72 Å². The first-order valence-corrected chi connectivity index (χ1v) is 6.28. The Hall–Kier alpha value is -0.170. The molecule has 0 aromatic carbocycles. The Morgan fingerprint density at radius 3 is 2.71 bits per heavy atom. The molecule has 0 amide bonds. The van der Waals surface area contributed by atoms with E-state index in [1.165, 1.54) is 4.31 Å². The first-order chi connectivity index (χ1) is 6.37. The van der Waals surface area contributed by atoms with Gasteiger partial charge < -0.3 is 5.11 Å². The molecule has 1 fully saturated rings. The summed E-state index contributed by atoms with van der Waals surface area (Å²) in [5.41, 5.74) is -0.888. The molecule has 0 bridgehead atoms. The average molecular weight is 222 g/mol. The van der Waals surface area contributed by atoms with Crippen LogP contribution < -0.4 is 4.72 Å². The predicted octanol–water partition coefficient (Wildman–Crippen LogP) is -0.313. The second-order valence-corrected chi connectivity index (χ2v) is 5.69. The topological polar surface area (TPSA) is 69.6 Å². The SMILES string of the molecule is CCNS(=O)(=O)N1CCCC(C)(O)C1. The molecule has 0 radical (unpaired) electrons. The number of nitrogens with zero attached hydrogens (tertiary/aromatic N) is 1. The summed E-state index contributed by atoms with van der Waals surface area (Å²) in [6, 6.07) is 0. The smallest absolute Gasteiger partial charge is 0.279 e. The third-order valence-electron chi connectivity index (χ3n) is 2.31. The Kier molecular flexibility index (Phi) is 3.52. The number of nitrogens with one attached hydrogen (secondary N) is 1. The lowest BCUT2D eigenvalue weighted by molar-refractivity contribution is 0.00908. The second-order valence-electron chi connectivity index (χ2n) is 3.94. The van der Waals surface area contributed by atoms with Gasteiger partial charge in [-0.3, -0.25) is 0 Å². The number of β-amino-alcohol motifs (C(OH)–C–C–N with tert-alkyl or cyclic N) is 1. The normalized spacial score (nSPS) is 30.5. The number of aliphatic hydroxyl groups is 1.